The molecule has 14 heavy (non-hydrogen) atoms. The minimum absolute atomic E-state index is 0.139. The van der Waals surface area contributed by atoms with Gasteiger partial charge in [0.2, 0.25) is 5.43 Å². The largest absolute Gasteiger partial charge is 0.433 e. The molecule has 0 spiro atoms. The molecule has 6 heteroatoms. The van der Waals surface area contributed by atoms with E-state index in [0.717, 1.165) is 0 Å². The van der Waals surface area contributed by atoms with Gasteiger partial charge in [0.05, 0.1) is 0 Å². The molecule has 0 N–H and O–H groups in total. The molecule has 1 aromatic rings. The highest BCUT2D eigenvalue weighted by Gasteiger charge is 2.34. The van der Waals surface area contributed by atoms with E-state index in [9.17, 15) is 18.0 Å². The second-order valence-electron chi connectivity index (χ2n) is 2.82. The third-order valence-electron chi connectivity index (χ3n) is 1.80. The van der Waals surface area contributed by atoms with E-state index >= 15 is 0 Å². The normalized spacial score (nSPS) is 11.8. The van der Waals surface area contributed by atoms with Crippen LogP contribution in [0.3, 0.4) is 0 Å². The molecule has 78 valence electrons. The fourth-order valence-corrected chi connectivity index (χ4v) is 1.10. The summed E-state index contributed by atoms with van der Waals surface area (Å²) in [4.78, 5) is 11.1. The number of aryl methyl sites for hydroxylation is 2. The summed E-state index contributed by atoms with van der Waals surface area (Å²) in [5.74, 6) is 0. The van der Waals surface area contributed by atoms with Gasteiger partial charge in [-0.05, 0) is 6.42 Å². The first-order chi connectivity index (χ1) is 6.36. The van der Waals surface area contributed by atoms with Gasteiger partial charge in [-0.1, -0.05) is 6.92 Å². The van der Waals surface area contributed by atoms with Crippen molar-refractivity contribution in [3.63, 3.8) is 0 Å². The monoisotopic (exact) mass is 206 g/mol. The van der Waals surface area contributed by atoms with Crippen LogP contribution in [-0.4, -0.2) is 9.78 Å². The molecule has 0 aliphatic carbocycles. The molecule has 0 aliphatic heterocycles. The maximum atomic E-state index is 12.3. The van der Waals surface area contributed by atoms with E-state index in [0.29, 0.717) is 17.2 Å². The highest BCUT2D eigenvalue weighted by Crippen LogP contribution is 2.27. The zero-order valence-corrected chi connectivity index (χ0v) is 7.72. The summed E-state index contributed by atoms with van der Waals surface area (Å²) in [7, 11) is 1.17. The van der Waals surface area contributed by atoms with Gasteiger partial charge in [0.1, 0.15) is 11.4 Å². The number of alkyl halides is 3. The predicted octanol–water partition coefficient (Wildman–Crippen LogP) is 1.36. The van der Waals surface area contributed by atoms with Crippen LogP contribution in [0.25, 0.3) is 0 Å². The number of rotatable bonds is 1. The van der Waals surface area contributed by atoms with Crippen LogP contribution in [0.2, 0.25) is 0 Å². The SMILES string of the molecule is CCc1nn(C)c(C(F)(F)F)cc1=O. The van der Waals surface area contributed by atoms with Crippen molar-refractivity contribution in [1.29, 1.82) is 0 Å². The first-order valence-corrected chi connectivity index (χ1v) is 4.00. The Morgan fingerprint density at radius 2 is 2.07 bits per heavy atom. The van der Waals surface area contributed by atoms with Crippen LogP contribution < -0.4 is 5.43 Å². The van der Waals surface area contributed by atoms with Crippen LogP contribution in [0, 0.1) is 0 Å². The summed E-state index contributed by atoms with van der Waals surface area (Å²) in [5, 5.41) is 3.54. The lowest BCUT2D eigenvalue weighted by atomic mass is 10.2. The average molecular weight is 206 g/mol. The zero-order chi connectivity index (χ0) is 10.9. The molecule has 1 heterocycles. The lowest BCUT2D eigenvalue weighted by molar-refractivity contribution is -0.144. The summed E-state index contributed by atoms with van der Waals surface area (Å²) in [5.41, 5.74) is -1.56. The molecule has 0 unspecified atom stereocenters. The van der Waals surface area contributed by atoms with Gasteiger partial charge < -0.3 is 0 Å². The number of nitrogens with zero attached hydrogens (tertiary/aromatic N) is 2. The number of hydrogen-bond acceptors (Lipinski definition) is 2. The molecule has 0 aliphatic rings. The van der Waals surface area contributed by atoms with Crippen LogP contribution in [0.1, 0.15) is 18.3 Å². The Morgan fingerprint density at radius 1 is 1.50 bits per heavy atom. The van der Waals surface area contributed by atoms with Crippen molar-refractivity contribution in [2.75, 3.05) is 0 Å². The molecule has 0 atom stereocenters. The van der Waals surface area contributed by atoms with Crippen molar-refractivity contribution < 1.29 is 13.2 Å². The van der Waals surface area contributed by atoms with Crippen LogP contribution in [0.15, 0.2) is 10.9 Å². The Bertz CT molecular complexity index is 395. The van der Waals surface area contributed by atoms with Gasteiger partial charge in [0.25, 0.3) is 0 Å². The first kappa shape index (κ1) is 10.7. The molecular weight excluding hydrogens is 197 g/mol. The van der Waals surface area contributed by atoms with E-state index in [4.69, 9.17) is 0 Å². The number of halogens is 3. The van der Waals surface area contributed by atoms with Gasteiger partial charge in [-0.3, -0.25) is 9.48 Å². The molecule has 0 bridgehead atoms. The first-order valence-electron chi connectivity index (χ1n) is 4.00. The second kappa shape index (κ2) is 3.43. The van der Waals surface area contributed by atoms with Crippen molar-refractivity contribution in [1.82, 2.24) is 9.78 Å². The molecule has 0 fully saturated rings. The smallest absolute Gasteiger partial charge is 0.288 e. The van der Waals surface area contributed by atoms with Crippen molar-refractivity contribution in [3.05, 3.63) is 27.7 Å². The van der Waals surface area contributed by atoms with Crippen LogP contribution in [0.4, 0.5) is 13.2 Å². The van der Waals surface area contributed by atoms with Gasteiger partial charge in [-0.2, -0.15) is 18.3 Å². The molecule has 0 saturated carbocycles. The molecule has 0 aromatic carbocycles. The van der Waals surface area contributed by atoms with Crippen molar-refractivity contribution in [2.24, 2.45) is 7.05 Å². The topological polar surface area (TPSA) is 34.9 Å². The van der Waals surface area contributed by atoms with E-state index in [-0.39, 0.29) is 5.69 Å². The fraction of sp³-hybridized carbons (Fsp3) is 0.500. The van der Waals surface area contributed by atoms with E-state index in [1.807, 2.05) is 0 Å². The quantitative estimate of drug-likeness (QED) is 0.695. The van der Waals surface area contributed by atoms with Crippen molar-refractivity contribution in [2.45, 2.75) is 19.5 Å². The summed E-state index contributed by atoms with van der Waals surface area (Å²) in [6.07, 6.45) is -4.21. The second-order valence-corrected chi connectivity index (χ2v) is 2.82. The Kier molecular flexibility index (Phi) is 2.64. The summed E-state index contributed by atoms with van der Waals surface area (Å²) < 4.78 is 37.5. The Labute approximate surface area is 78.2 Å². The zero-order valence-electron chi connectivity index (χ0n) is 7.72. The third kappa shape index (κ3) is 1.94. The Morgan fingerprint density at radius 3 is 2.50 bits per heavy atom. The number of hydrogen-bond donors (Lipinski definition) is 0. The predicted molar refractivity (Wildman–Crippen MR) is 43.9 cm³/mol. The average Bonchev–Trinajstić information content (AvgIpc) is 2.06. The molecular formula is C8H9F3N2O. The van der Waals surface area contributed by atoms with Crippen molar-refractivity contribution >= 4 is 0 Å². The van der Waals surface area contributed by atoms with Gasteiger partial charge in [0, 0.05) is 13.1 Å². The fourth-order valence-electron chi connectivity index (χ4n) is 1.10. The summed E-state index contributed by atoms with van der Waals surface area (Å²) >= 11 is 0. The Hall–Kier alpha value is -1.33. The highest BCUT2D eigenvalue weighted by molar-refractivity contribution is 5.11. The van der Waals surface area contributed by atoms with Crippen molar-refractivity contribution in [3.8, 4) is 0 Å². The molecule has 1 rings (SSSR count). The molecule has 0 saturated heterocycles. The third-order valence-corrected chi connectivity index (χ3v) is 1.80. The van der Waals surface area contributed by atoms with Gasteiger partial charge in [-0.15, -0.1) is 0 Å². The maximum absolute atomic E-state index is 12.3. The maximum Gasteiger partial charge on any atom is 0.433 e. The van der Waals surface area contributed by atoms with E-state index < -0.39 is 17.3 Å². The van der Waals surface area contributed by atoms with E-state index in [1.165, 1.54) is 7.05 Å². The van der Waals surface area contributed by atoms with E-state index in [2.05, 4.69) is 5.10 Å². The number of aromatic nitrogens is 2. The highest BCUT2D eigenvalue weighted by atomic mass is 19.4. The minimum atomic E-state index is -4.53. The standard InChI is InChI=1S/C8H9F3N2O/c1-3-5-6(14)4-7(8(9,10)11)13(2)12-5/h4H,3H2,1-2H3. The molecule has 0 amide bonds. The molecule has 0 radical (unpaired) electrons. The minimum Gasteiger partial charge on any atom is -0.288 e. The van der Waals surface area contributed by atoms with Gasteiger partial charge >= 0.3 is 6.18 Å². The van der Waals surface area contributed by atoms with Crippen LogP contribution >= 0.6 is 0 Å². The lowest BCUT2D eigenvalue weighted by Crippen LogP contribution is -2.23. The lowest BCUT2D eigenvalue weighted by Gasteiger charge is -2.11. The molecule has 3 nitrogen and oxygen atoms in total. The Balaban J connectivity index is 3.37. The van der Waals surface area contributed by atoms with E-state index in [1.54, 1.807) is 6.92 Å². The molecule has 1 aromatic heterocycles. The van der Waals surface area contributed by atoms with Crippen LogP contribution in [-0.2, 0) is 19.6 Å². The summed E-state index contributed by atoms with van der Waals surface area (Å²) in [6, 6.07) is 0.575. The van der Waals surface area contributed by atoms with Gasteiger partial charge in [-0.25, -0.2) is 0 Å². The summed E-state index contributed by atoms with van der Waals surface area (Å²) in [6.45, 7) is 1.66. The van der Waals surface area contributed by atoms with Gasteiger partial charge in [0.15, 0.2) is 0 Å². The van der Waals surface area contributed by atoms with Crippen LogP contribution in [0.5, 0.6) is 0 Å².